The summed E-state index contributed by atoms with van der Waals surface area (Å²) in [6.45, 7) is 7.77. The van der Waals surface area contributed by atoms with Gasteiger partial charge in [-0.3, -0.25) is 24.1 Å². The van der Waals surface area contributed by atoms with Crippen LogP contribution in [-0.2, 0) is 38.0 Å². The highest BCUT2D eigenvalue weighted by Gasteiger charge is 2.44. The van der Waals surface area contributed by atoms with Gasteiger partial charge in [-0.15, -0.1) is 0 Å². The van der Waals surface area contributed by atoms with Gasteiger partial charge in [-0.2, -0.15) is 8.78 Å². The second-order valence-electron chi connectivity index (χ2n) is 11.4. The summed E-state index contributed by atoms with van der Waals surface area (Å²) in [5.41, 5.74) is 0.722. The predicted molar refractivity (Wildman–Crippen MR) is 157 cm³/mol. The molecule has 230 valence electrons. The second-order valence-corrected chi connectivity index (χ2v) is 11.8. The summed E-state index contributed by atoms with van der Waals surface area (Å²) < 4.78 is 35.2. The first kappa shape index (κ1) is 32.3. The zero-order valence-corrected chi connectivity index (χ0v) is 25.5. The van der Waals surface area contributed by atoms with Gasteiger partial charge in [0.2, 0.25) is 11.7 Å². The van der Waals surface area contributed by atoms with Crippen LogP contribution in [0.15, 0.2) is 54.8 Å². The summed E-state index contributed by atoms with van der Waals surface area (Å²) in [5.74, 6) is -5.72. The number of halogens is 3. The lowest BCUT2D eigenvalue weighted by molar-refractivity contribution is -0.158. The molecule has 11 heteroatoms. The maximum absolute atomic E-state index is 14.7. The molecule has 2 aliphatic heterocycles. The number of hydrogen-bond acceptors (Lipinski definition) is 6. The Hall–Kier alpha value is -3.63. The molecule has 0 saturated carbocycles. The molecule has 0 aliphatic carbocycles. The number of likely N-dealkylation sites (N-methyl/N-ethyl adjacent to an activating group) is 1. The minimum atomic E-state index is -3.66. The molecule has 4 rings (SSSR count). The minimum absolute atomic E-state index is 0.0545. The average molecular weight is 616 g/mol. The fourth-order valence-electron chi connectivity index (χ4n) is 5.35. The van der Waals surface area contributed by atoms with Gasteiger partial charge in [-0.25, -0.2) is 4.90 Å². The van der Waals surface area contributed by atoms with Crippen LogP contribution >= 0.6 is 11.6 Å². The number of likely N-dealkylation sites (tertiary alicyclic amines) is 1. The number of amides is 3. The highest BCUT2D eigenvalue weighted by atomic mass is 35.5. The predicted octanol–water partition coefficient (Wildman–Crippen LogP) is 5.33. The molecule has 43 heavy (non-hydrogen) atoms. The first-order chi connectivity index (χ1) is 20.2. The molecule has 2 aromatic rings. The number of benzene rings is 2. The summed E-state index contributed by atoms with van der Waals surface area (Å²) in [6.07, 6.45) is 0.602. The Morgan fingerprint density at radius 2 is 1.81 bits per heavy atom. The van der Waals surface area contributed by atoms with E-state index < -0.39 is 41.2 Å². The van der Waals surface area contributed by atoms with E-state index in [2.05, 4.69) is 6.58 Å². The summed E-state index contributed by atoms with van der Waals surface area (Å²) >= 11 is 5.77. The lowest BCUT2D eigenvalue weighted by Crippen LogP contribution is -2.55. The number of alkyl halides is 2. The number of nitrogens with zero attached hydrogens (tertiary/aromatic N) is 3. The van der Waals surface area contributed by atoms with Crippen LogP contribution in [0.5, 0.6) is 0 Å². The molecule has 2 unspecified atom stereocenters. The van der Waals surface area contributed by atoms with E-state index in [1.54, 1.807) is 18.2 Å². The Kier molecular flexibility index (Phi) is 9.42. The van der Waals surface area contributed by atoms with Crippen LogP contribution in [0.4, 0.5) is 8.78 Å². The Morgan fingerprint density at radius 1 is 1.14 bits per heavy atom. The van der Waals surface area contributed by atoms with Gasteiger partial charge >= 0.3 is 5.92 Å². The standard InChI is InChI=1S/C32H36ClF2N3O5/c1-6-31(3,36(4)5)20(2)43-19-38-28(40)16-14-26(30(38)42)37-18-22-17-21(7-13-25(22)29(37)41)8-15-27(39)32(34,35)23-9-11-24(33)12-10-23/h7,9-13,17,26H,2,6,8,14-16,18-19H2,1,3-5H3. The number of fused-ring (bicyclic) bond motifs is 1. The first-order valence-corrected chi connectivity index (χ1v) is 14.5. The van der Waals surface area contributed by atoms with Gasteiger partial charge in [0.1, 0.15) is 11.8 Å². The van der Waals surface area contributed by atoms with E-state index in [-0.39, 0.29) is 44.4 Å². The Labute approximate surface area is 255 Å². The Balaban J connectivity index is 1.41. The Morgan fingerprint density at radius 3 is 2.44 bits per heavy atom. The molecule has 0 radical (unpaired) electrons. The quantitative estimate of drug-likeness (QED) is 0.237. The number of piperidine rings is 1. The maximum atomic E-state index is 14.7. The van der Waals surface area contributed by atoms with E-state index in [9.17, 15) is 28.0 Å². The van der Waals surface area contributed by atoms with E-state index >= 15 is 0 Å². The zero-order valence-electron chi connectivity index (χ0n) is 24.8. The number of aryl methyl sites for hydroxylation is 1. The van der Waals surface area contributed by atoms with E-state index in [4.69, 9.17) is 16.3 Å². The van der Waals surface area contributed by atoms with E-state index in [1.807, 2.05) is 32.8 Å². The van der Waals surface area contributed by atoms with Crippen LogP contribution in [0.3, 0.4) is 0 Å². The summed E-state index contributed by atoms with van der Waals surface area (Å²) in [7, 11) is 3.78. The van der Waals surface area contributed by atoms with Crippen LogP contribution in [0.2, 0.25) is 5.02 Å². The third-order valence-electron chi connectivity index (χ3n) is 8.70. The van der Waals surface area contributed by atoms with Gasteiger partial charge in [0.15, 0.2) is 6.73 Å². The third kappa shape index (κ3) is 6.35. The second kappa shape index (κ2) is 12.5. The molecule has 1 saturated heterocycles. The molecule has 2 heterocycles. The lowest BCUT2D eigenvalue weighted by atomic mass is 9.95. The average Bonchev–Trinajstić information content (AvgIpc) is 3.30. The monoisotopic (exact) mass is 615 g/mol. The summed E-state index contributed by atoms with van der Waals surface area (Å²) in [6, 6.07) is 8.94. The molecular weight excluding hydrogens is 580 g/mol. The fraction of sp³-hybridized carbons (Fsp3) is 0.438. The Bertz CT molecular complexity index is 1440. The number of carbonyl (C=O) groups is 4. The number of Topliss-reactive ketones (excluding diaryl/α,β-unsaturated/α-hetero) is 1. The maximum Gasteiger partial charge on any atom is 0.330 e. The van der Waals surface area contributed by atoms with Crippen molar-refractivity contribution in [1.29, 1.82) is 0 Å². The van der Waals surface area contributed by atoms with Crippen LogP contribution in [0, 0.1) is 0 Å². The molecule has 0 N–H and O–H groups in total. The van der Waals surface area contributed by atoms with E-state index in [1.165, 1.54) is 17.0 Å². The van der Waals surface area contributed by atoms with Crippen molar-refractivity contribution < 1.29 is 32.7 Å². The molecule has 0 spiro atoms. The number of hydrogen-bond donors (Lipinski definition) is 0. The molecule has 2 atom stereocenters. The highest BCUT2D eigenvalue weighted by molar-refractivity contribution is 6.30. The zero-order chi connectivity index (χ0) is 31.7. The normalized spacial score (nSPS) is 18.6. The molecule has 2 aromatic carbocycles. The van der Waals surface area contributed by atoms with Crippen molar-refractivity contribution in [2.75, 3.05) is 20.8 Å². The topological polar surface area (TPSA) is 87.2 Å². The number of ether oxygens (including phenoxy) is 1. The van der Waals surface area contributed by atoms with Crippen molar-refractivity contribution in [2.45, 2.75) is 70.0 Å². The van der Waals surface area contributed by atoms with Crippen LogP contribution < -0.4 is 0 Å². The minimum Gasteiger partial charge on any atom is -0.476 e. The van der Waals surface area contributed by atoms with Gasteiger partial charge in [-0.1, -0.05) is 49.4 Å². The first-order valence-electron chi connectivity index (χ1n) is 14.1. The van der Waals surface area contributed by atoms with Crippen molar-refractivity contribution in [3.63, 3.8) is 0 Å². The van der Waals surface area contributed by atoms with Gasteiger partial charge in [0.25, 0.3) is 11.8 Å². The van der Waals surface area contributed by atoms with Crippen LogP contribution in [-0.4, -0.2) is 70.6 Å². The molecule has 3 amide bonds. The number of rotatable bonds is 12. The summed E-state index contributed by atoms with van der Waals surface area (Å²) in [5, 5.41) is 0.293. The number of ketones is 1. The van der Waals surface area contributed by atoms with Crippen molar-refractivity contribution >= 4 is 35.1 Å². The lowest BCUT2D eigenvalue weighted by Gasteiger charge is -2.39. The van der Waals surface area contributed by atoms with Crippen molar-refractivity contribution in [2.24, 2.45) is 0 Å². The molecule has 8 nitrogen and oxygen atoms in total. The molecule has 1 fully saturated rings. The highest BCUT2D eigenvalue weighted by Crippen LogP contribution is 2.33. The molecule has 2 aliphatic rings. The van der Waals surface area contributed by atoms with Crippen LogP contribution in [0.25, 0.3) is 0 Å². The van der Waals surface area contributed by atoms with Gasteiger partial charge in [-0.05, 0) is 69.6 Å². The van der Waals surface area contributed by atoms with E-state index in [0.717, 1.165) is 17.0 Å². The van der Waals surface area contributed by atoms with Gasteiger partial charge in [0, 0.05) is 35.5 Å². The largest absolute Gasteiger partial charge is 0.476 e. The van der Waals surface area contributed by atoms with Crippen molar-refractivity contribution in [3.8, 4) is 0 Å². The summed E-state index contributed by atoms with van der Waals surface area (Å²) in [4.78, 5) is 56.2. The smallest absolute Gasteiger partial charge is 0.330 e. The fourth-order valence-corrected chi connectivity index (χ4v) is 5.47. The number of imide groups is 1. The molecular formula is C32H36ClF2N3O5. The molecule has 0 bridgehead atoms. The SMILES string of the molecule is C=C(OCN1C(=O)CCC(N2Cc3cc(CCC(=O)C(F)(F)c4ccc(Cl)cc4)ccc3C2=O)C1=O)C(C)(CC)N(C)C. The van der Waals surface area contributed by atoms with Crippen molar-refractivity contribution in [1.82, 2.24) is 14.7 Å². The van der Waals surface area contributed by atoms with Crippen LogP contribution in [0.1, 0.15) is 66.6 Å². The third-order valence-corrected chi connectivity index (χ3v) is 8.96. The molecule has 0 aromatic heterocycles. The van der Waals surface area contributed by atoms with Crippen molar-refractivity contribution in [3.05, 3.63) is 82.1 Å². The van der Waals surface area contributed by atoms with E-state index in [0.29, 0.717) is 33.9 Å². The van der Waals surface area contributed by atoms with Gasteiger partial charge < -0.3 is 9.64 Å². The number of carbonyl (C=O) groups excluding carboxylic acids is 4. The van der Waals surface area contributed by atoms with Gasteiger partial charge in [0.05, 0.1) is 5.54 Å².